The van der Waals surface area contributed by atoms with Gasteiger partial charge in [0.05, 0.1) is 74.1 Å². The van der Waals surface area contributed by atoms with Crippen LogP contribution in [0.1, 0.15) is 122 Å². The lowest BCUT2D eigenvalue weighted by molar-refractivity contribution is -0.156. The predicted octanol–water partition coefficient (Wildman–Crippen LogP) is 18.0. The summed E-state index contributed by atoms with van der Waals surface area (Å²) in [5.41, 5.74) is 11.1. The van der Waals surface area contributed by atoms with Crippen LogP contribution in [0.15, 0.2) is 267 Å². The number of fused-ring (bicyclic) bond motifs is 7. The van der Waals surface area contributed by atoms with E-state index in [2.05, 4.69) is 88.4 Å². The molecule has 0 radical (unpaired) electrons. The van der Waals surface area contributed by atoms with Gasteiger partial charge in [-0.05, 0) is 174 Å². The standard InChI is InChI=1S/C23H20O3.C17H16O3.C12H18O2.C10H14O2.C9H8O3.C9H16O.C8H8.C7H12O/c24-22-20-18(13-11-16-7-3-1-4-8-16)15-19(21(20)23(25)26-22)14-12-17-9-5-2-6-10-17;1-2-12-10-13(9-8-11-6-4-3-5-7-11)15-14(12)16(18)20-17(15)19;1-9(2)7-13-11-5-6-12(11)14-8-10(3)4;1-7-3-9(11-5-7)10-4-8(2)6-12-10;10-8-6-4-1-2-5(3-4)7(6)9(11)12-8;1-4-5-6-7-9(10)8(2)3;1-2-8-6-4-3-5-7-8;1-6-4-2-3-5-7(6)8/h1-14,18-21H,15H2;2-9,12-15H,1,10H2;5-6,11-12H,1,3,7-8H2,2,4H3;3-4,9-10H,5-6H2,1-2H3;1-2,4-7H,3H2;4,9-10H,1-2,5-7H2,3H3;2-7H,1H2;4,7-8H,2-3,5H2,1H3/b13-11+,14-12+;9-8+;;;;;;/t18?,19?,20-,21?;12?,13?,14-,15?;11-,12+;9-,10+;4?,5?,6-,7?;;;/m00..0.../s1. The molecule has 3 saturated heterocycles. The molecule has 15 heteroatoms. The van der Waals surface area contributed by atoms with E-state index in [4.69, 9.17) is 33.5 Å². The van der Waals surface area contributed by atoms with Gasteiger partial charge in [0.2, 0.25) is 0 Å². The van der Waals surface area contributed by atoms with Gasteiger partial charge >= 0.3 is 35.8 Å². The maximum Gasteiger partial charge on any atom is 0.318 e. The lowest BCUT2D eigenvalue weighted by atomic mass is 9.85. The molecule has 5 aliphatic heterocycles. The van der Waals surface area contributed by atoms with Gasteiger partial charge in [-0.25, -0.2) is 0 Å². The number of carbonyl (C=O) groups is 6. The third kappa shape index (κ3) is 25.5. The minimum absolute atomic E-state index is 0.0181. The lowest BCUT2D eigenvalue weighted by Gasteiger charge is -2.29. The molecule has 11 aliphatic rings. The van der Waals surface area contributed by atoms with Gasteiger partial charge in [0.25, 0.3) is 0 Å². The largest absolute Gasteiger partial charge is 0.393 e. The topological polar surface area (TPSA) is 207 Å². The Bertz CT molecular complexity index is 3910. The van der Waals surface area contributed by atoms with E-state index in [1.807, 2.05) is 210 Å². The molecule has 5 heterocycles. The van der Waals surface area contributed by atoms with E-state index in [9.17, 15) is 33.9 Å². The zero-order valence-electron chi connectivity index (χ0n) is 64.8. The number of hydrogen-bond donors (Lipinski definition) is 2. The number of allylic oxidation sites excluding steroid dienone is 8. The van der Waals surface area contributed by atoms with Crippen LogP contribution in [0, 0.1) is 71.0 Å². The van der Waals surface area contributed by atoms with Crippen LogP contribution in [0.2, 0.25) is 0 Å². The first kappa shape index (κ1) is 86.0. The monoisotopic (exact) mass is 1490 g/mol. The highest BCUT2D eigenvalue weighted by atomic mass is 16.6. The number of carbonyl (C=O) groups excluding carboxylic acids is 6. The Kier molecular flexibility index (Phi) is 34.2. The zero-order chi connectivity index (χ0) is 79.2. The maximum absolute atomic E-state index is 12.2. The van der Waals surface area contributed by atoms with Crippen molar-refractivity contribution >= 4 is 60.1 Å². The van der Waals surface area contributed by atoms with Crippen LogP contribution in [-0.4, -0.2) is 109 Å². The van der Waals surface area contributed by atoms with Crippen molar-refractivity contribution in [1.29, 1.82) is 0 Å². The smallest absolute Gasteiger partial charge is 0.318 e. The highest BCUT2D eigenvalue weighted by molar-refractivity contribution is 5.99. The number of ether oxygens (including phenoxy) is 7. The third-order valence-corrected chi connectivity index (χ3v) is 21.0. The number of aliphatic hydroxyl groups is 2. The number of rotatable bonds is 20. The van der Waals surface area contributed by atoms with E-state index >= 15 is 0 Å². The van der Waals surface area contributed by atoms with Crippen molar-refractivity contribution in [2.45, 2.75) is 136 Å². The molecule has 6 fully saturated rings. The normalized spacial score (nSPS) is 28.7. The molecule has 6 aliphatic carbocycles. The van der Waals surface area contributed by atoms with Crippen molar-refractivity contribution in [2.24, 2.45) is 71.0 Å². The molecule has 4 aromatic carbocycles. The van der Waals surface area contributed by atoms with Crippen molar-refractivity contribution in [1.82, 2.24) is 0 Å². The highest BCUT2D eigenvalue weighted by Crippen LogP contribution is 2.52. The molecule has 11 unspecified atom stereocenters. The second-order valence-electron chi connectivity index (χ2n) is 30.0. The Hall–Kier alpha value is -9.58. The first-order valence-electron chi connectivity index (χ1n) is 38.5. The van der Waals surface area contributed by atoms with Gasteiger partial charge in [0.15, 0.2) is 0 Å². The Morgan fingerprint density at radius 2 is 0.882 bits per heavy atom. The maximum atomic E-state index is 12.2. The van der Waals surface area contributed by atoms with Crippen molar-refractivity contribution in [3.63, 3.8) is 0 Å². The summed E-state index contributed by atoms with van der Waals surface area (Å²) in [6, 6.07) is 39.9. The summed E-state index contributed by atoms with van der Waals surface area (Å²) >= 11 is 0. The third-order valence-electron chi connectivity index (χ3n) is 21.0. The van der Waals surface area contributed by atoms with Crippen molar-refractivity contribution in [3.8, 4) is 0 Å². The summed E-state index contributed by atoms with van der Waals surface area (Å²) in [5, 5.41) is 18.3. The molecular formula is C95H112O15. The van der Waals surface area contributed by atoms with E-state index in [-0.39, 0.29) is 143 Å². The number of aliphatic hydroxyl groups excluding tert-OH is 2. The van der Waals surface area contributed by atoms with Gasteiger partial charge in [0.1, 0.15) is 24.4 Å². The Morgan fingerprint density at radius 3 is 1.18 bits per heavy atom. The molecule has 4 aromatic rings. The van der Waals surface area contributed by atoms with Crippen LogP contribution in [0.3, 0.4) is 0 Å². The quantitative estimate of drug-likeness (QED) is 0.0277. The molecule has 0 spiro atoms. The number of unbranched alkanes of at least 4 members (excludes halogenated alkanes) is 1. The van der Waals surface area contributed by atoms with Crippen LogP contribution >= 0.6 is 0 Å². The zero-order valence-corrected chi connectivity index (χ0v) is 64.8. The average Bonchev–Trinajstić information content (AvgIpc) is 1.60. The number of cyclic esters (lactones) is 6. The van der Waals surface area contributed by atoms with E-state index in [0.29, 0.717) is 13.2 Å². The van der Waals surface area contributed by atoms with Crippen LogP contribution in [0.5, 0.6) is 0 Å². The van der Waals surface area contributed by atoms with Crippen LogP contribution in [0.25, 0.3) is 24.3 Å². The van der Waals surface area contributed by atoms with Crippen LogP contribution in [-0.2, 0) is 61.9 Å². The summed E-state index contributed by atoms with van der Waals surface area (Å²) in [6.45, 7) is 36.9. The fourth-order valence-electron chi connectivity index (χ4n) is 14.9. The average molecular weight is 1490 g/mol. The summed E-state index contributed by atoms with van der Waals surface area (Å²) in [4.78, 5) is 70.3. The Labute approximate surface area is 651 Å². The summed E-state index contributed by atoms with van der Waals surface area (Å²) in [6.07, 6.45) is 40.8. The van der Waals surface area contributed by atoms with Crippen molar-refractivity contribution in [3.05, 3.63) is 289 Å². The van der Waals surface area contributed by atoms with Crippen molar-refractivity contribution in [2.75, 3.05) is 26.4 Å². The molecular weight excluding hydrogens is 1380 g/mol. The summed E-state index contributed by atoms with van der Waals surface area (Å²) < 4.78 is 36.5. The predicted molar refractivity (Wildman–Crippen MR) is 435 cm³/mol. The van der Waals surface area contributed by atoms with Gasteiger partial charge in [-0.1, -0.05) is 262 Å². The molecule has 110 heavy (non-hydrogen) atoms. The number of benzene rings is 4. The van der Waals surface area contributed by atoms with Crippen LogP contribution < -0.4 is 0 Å². The van der Waals surface area contributed by atoms with Gasteiger partial charge < -0.3 is 43.4 Å². The van der Waals surface area contributed by atoms with Gasteiger partial charge in [-0.15, -0.1) is 13.2 Å². The minimum Gasteiger partial charge on any atom is -0.393 e. The first-order valence-corrected chi connectivity index (χ1v) is 38.5. The minimum atomic E-state index is -0.388. The molecule has 15 nitrogen and oxygen atoms in total. The second kappa shape index (κ2) is 43.7. The number of esters is 6. The molecule has 0 aromatic heterocycles. The fourth-order valence-corrected chi connectivity index (χ4v) is 14.9. The summed E-state index contributed by atoms with van der Waals surface area (Å²) in [7, 11) is 0. The molecule has 2 bridgehead atoms. The molecule has 15 rings (SSSR count). The van der Waals surface area contributed by atoms with Gasteiger partial charge in [-0.3, -0.25) is 28.8 Å². The Balaban J connectivity index is 0.000000164. The Morgan fingerprint density at radius 1 is 0.509 bits per heavy atom. The fraction of sp³-hybridized carbons (Fsp3) is 0.389. The van der Waals surface area contributed by atoms with E-state index in [1.165, 1.54) is 16.7 Å². The number of hydrogen-bond acceptors (Lipinski definition) is 15. The second-order valence-corrected chi connectivity index (χ2v) is 30.0. The summed E-state index contributed by atoms with van der Waals surface area (Å²) in [5.74, 6) is -3.18. The van der Waals surface area contributed by atoms with Crippen LogP contribution in [0.4, 0.5) is 0 Å². The van der Waals surface area contributed by atoms with E-state index in [1.54, 1.807) is 6.08 Å². The molecule has 3 saturated carbocycles. The van der Waals surface area contributed by atoms with Gasteiger partial charge in [0, 0.05) is 0 Å². The van der Waals surface area contributed by atoms with Crippen molar-refractivity contribution < 1.29 is 72.1 Å². The molecule has 2 N–H and O–H groups in total. The lowest BCUT2D eigenvalue weighted by Crippen LogP contribution is -2.36. The first-order chi connectivity index (χ1) is 53.0. The van der Waals surface area contributed by atoms with Gasteiger partial charge in [-0.2, -0.15) is 0 Å². The molecule has 18 atom stereocenters. The molecule has 0 amide bonds. The molecule has 582 valence electrons. The SMILES string of the molecule is C=C(C)CO[C@H]1C=C[C@H]1OCC(=C)C.C=CC1CC(/C=C/c2ccccc2)C2C(=O)OC(=O)[C@@H]12.C=CCCCC(O)C(=C)C.C=Cc1ccccc1.CC1=CCCCC1O.CC1=C[C@@H]([C@H]2C=C(C)CO2)OC1.O=C1OC(=O)[C@H]2C(/C=C/c3ccccc3)CC(/C=C/c3ccccc3)C12.O=C1OC(=O)[C@H]2C3C=CC(C3)C12. The van der Waals surface area contributed by atoms with E-state index in [0.717, 1.165) is 110 Å². The highest BCUT2D eigenvalue weighted by Gasteiger charge is 2.59. The van der Waals surface area contributed by atoms with E-state index < -0.39 is 0 Å².